The molecule has 2 N–H and O–H groups in total. The highest BCUT2D eigenvalue weighted by atomic mass is 16.3. The van der Waals surface area contributed by atoms with Crippen LogP contribution in [0, 0.1) is 5.92 Å². The first-order valence-electron chi connectivity index (χ1n) is 6.98. The summed E-state index contributed by atoms with van der Waals surface area (Å²) in [4.78, 5) is 11.1. The lowest BCUT2D eigenvalue weighted by atomic mass is 9.97. The van der Waals surface area contributed by atoms with Gasteiger partial charge in [-0.2, -0.15) is 0 Å². The number of nitrogens with zero attached hydrogens (tertiary/aromatic N) is 3. The Labute approximate surface area is 114 Å². The highest BCUT2D eigenvalue weighted by Gasteiger charge is 2.21. The predicted octanol–water partition coefficient (Wildman–Crippen LogP) is 1.30. The smallest absolute Gasteiger partial charge is 0.131 e. The van der Waals surface area contributed by atoms with E-state index in [1.165, 1.54) is 0 Å². The molecule has 1 aliphatic rings. The molecule has 0 atom stereocenters. The summed E-state index contributed by atoms with van der Waals surface area (Å²) >= 11 is 0. The van der Waals surface area contributed by atoms with Gasteiger partial charge in [-0.1, -0.05) is 13.8 Å². The van der Waals surface area contributed by atoms with Crippen molar-refractivity contribution < 1.29 is 10.2 Å². The lowest BCUT2D eigenvalue weighted by molar-refractivity contribution is 0.202. The monoisotopic (exact) mass is 265 g/mol. The summed E-state index contributed by atoms with van der Waals surface area (Å²) in [6, 6.07) is 0. The largest absolute Gasteiger partial charge is 0.396 e. The van der Waals surface area contributed by atoms with Crippen molar-refractivity contribution in [3.8, 4) is 0 Å². The molecule has 0 radical (unpaired) electrons. The van der Waals surface area contributed by atoms with Gasteiger partial charge in [0.2, 0.25) is 0 Å². The maximum atomic E-state index is 9.50. The van der Waals surface area contributed by atoms with E-state index in [-0.39, 0.29) is 19.1 Å². The van der Waals surface area contributed by atoms with Gasteiger partial charge in [-0.15, -0.1) is 0 Å². The molecule has 5 heteroatoms. The lowest BCUT2D eigenvalue weighted by Crippen LogP contribution is -2.35. The minimum Gasteiger partial charge on any atom is -0.396 e. The number of rotatable bonds is 4. The third kappa shape index (κ3) is 3.22. The molecule has 0 unspecified atom stereocenters. The van der Waals surface area contributed by atoms with Crippen LogP contribution in [-0.2, 0) is 6.61 Å². The van der Waals surface area contributed by atoms with E-state index in [2.05, 4.69) is 14.9 Å². The molecule has 1 aromatic heterocycles. The zero-order valence-electron chi connectivity index (χ0n) is 11.7. The Balaban J connectivity index is 2.16. The van der Waals surface area contributed by atoms with Crippen molar-refractivity contribution in [1.29, 1.82) is 0 Å². The SMILES string of the molecule is CC(C)c1ncc(N2CCC(CO)CC2)c(CO)n1. The summed E-state index contributed by atoms with van der Waals surface area (Å²) < 4.78 is 0. The number of aliphatic hydroxyl groups is 2. The van der Waals surface area contributed by atoms with Crippen LogP contribution < -0.4 is 4.90 Å². The van der Waals surface area contributed by atoms with Gasteiger partial charge in [0.05, 0.1) is 24.2 Å². The quantitative estimate of drug-likeness (QED) is 0.859. The molecule has 0 saturated carbocycles. The van der Waals surface area contributed by atoms with Crippen LogP contribution in [0.5, 0.6) is 0 Å². The molecular formula is C14H23N3O2. The van der Waals surface area contributed by atoms with Crippen molar-refractivity contribution in [2.45, 2.75) is 39.2 Å². The highest BCUT2D eigenvalue weighted by molar-refractivity contribution is 5.49. The second-order valence-electron chi connectivity index (χ2n) is 5.49. The van der Waals surface area contributed by atoms with Gasteiger partial charge in [0, 0.05) is 25.6 Å². The van der Waals surface area contributed by atoms with E-state index in [9.17, 15) is 5.11 Å². The van der Waals surface area contributed by atoms with Gasteiger partial charge >= 0.3 is 0 Å². The zero-order chi connectivity index (χ0) is 13.8. The Morgan fingerprint density at radius 1 is 1.32 bits per heavy atom. The number of anilines is 1. The van der Waals surface area contributed by atoms with E-state index in [4.69, 9.17) is 5.11 Å². The fourth-order valence-corrected chi connectivity index (χ4v) is 2.44. The Hall–Kier alpha value is -1.20. The molecule has 0 spiro atoms. The van der Waals surface area contributed by atoms with Crippen LogP contribution in [0.15, 0.2) is 6.20 Å². The van der Waals surface area contributed by atoms with Crippen molar-refractivity contribution in [3.63, 3.8) is 0 Å². The summed E-state index contributed by atoms with van der Waals surface area (Å²) in [5.74, 6) is 1.45. The summed E-state index contributed by atoms with van der Waals surface area (Å²) in [5.41, 5.74) is 1.64. The molecule has 5 nitrogen and oxygen atoms in total. The summed E-state index contributed by atoms with van der Waals surface area (Å²) in [6.07, 6.45) is 3.79. The Kier molecular flexibility index (Phi) is 4.71. The van der Waals surface area contributed by atoms with Crippen LogP contribution in [0.3, 0.4) is 0 Å². The molecule has 0 amide bonds. The average Bonchev–Trinajstić information content (AvgIpc) is 2.46. The minimum absolute atomic E-state index is 0.0580. The first kappa shape index (κ1) is 14.2. The standard InChI is InChI=1S/C14H23N3O2/c1-10(2)14-15-7-13(12(9-19)16-14)17-5-3-11(8-18)4-6-17/h7,10-11,18-19H,3-6,8-9H2,1-2H3. The molecule has 1 saturated heterocycles. The van der Waals surface area contributed by atoms with E-state index in [0.717, 1.165) is 37.4 Å². The first-order chi connectivity index (χ1) is 9.15. The van der Waals surface area contributed by atoms with E-state index in [1.807, 2.05) is 20.0 Å². The number of hydrogen-bond acceptors (Lipinski definition) is 5. The second-order valence-corrected chi connectivity index (χ2v) is 5.49. The summed E-state index contributed by atoms with van der Waals surface area (Å²) in [6.45, 7) is 6.08. The van der Waals surface area contributed by atoms with Crippen LogP contribution in [0.1, 0.15) is 44.1 Å². The maximum Gasteiger partial charge on any atom is 0.131 e. The second kappa shape index (κ2) is 6.30. The van der Waals surface area contributed by atoms with Gasteiger partial charge in [0.1, 0.15) is 5.82 Å². The predicted molar refractivity (Wildman–Crippen MR) is 74.1 cm³/mol. The number of aromatic nitrogens is 2. The number of aliphatic hydroxyl groups excluding tert-OH is 2. The highest BCUT2D eigenvalue weighted by Crippen LogP contribution is 2.25. The van der Waals surface area contributed by atoms with E-state index < -0.39 is 0 Å². The zero-order valence-corrected chi connectivity index (χ0v) is 11.7. The third-order valence-corrected chi connectivity index (χ3v) is 3.74. The first-order valence-corrected chi connectivity index (χ1v) is 6.98. The molecule has 1 fully saturated rings. The minimum atomic E-state index is -0.0580. The van der Waals surface area contributed by atoms with Gasteiger partial charge in [-0.05, 0) is 18.8 Å². The maximum absolute atomic E-state index is 9.50. The fourth-order valence-electron chi connectivity index (χ4n) is 2.44. The molecule has 106 valence electrons. The lowest BCUT2D eigenvalue weighted by Gasteiger charge is -2.33. The van der Waals surface area contributed by atoms with Gasteiger partial charge in [-0.25, -0.2) is 9.97 Å². The van der Waals surface area contributed by atoms with Crippen LogP contribution in [0.2, 0.25) is 0 Å². The molecule has 0 aromatic carbocycles. The van der Waals surface area contributed by atoms with Gasteiger partial charge in [0.25, 0.3) is 0 Å². The molecule has 1 aliphatic heterocycles. The van der Waals surface area contributed by atoms with Gasteiger partial charge in [0.15, 0.2) is 0 Å². The van der Waals surface area contributed by atoms with E-state index in [0.29, 0.717) is 11.6 Å². The van der Waals surface area contributed by atoms with Crippen molar-refractivity contribution in [3.05, 3.63) is 17.7 Å². The molecule has 19 heavy (non-hydrogen) atoms. The third-order valence-electron chi connectivity index (χ3n) is 3.74. The molecule has 0 aliphatic carbocycles. The molecular weight excluding hydrogens is 242 g/mol. The Bertz CT molecular complexity index is 415. The summed E-state index contributed by atoms with van der Waals surface area (Å²) in [7, 11) is 0. The molecule has 1 aromatic rings. The van der Waals surface area contributed by atoms with Crippen molar-refractivity contribution in [1.82, 2.24) is 9.97 Å². The topological polar surface area (TPSA) is 69.5 Å². The van der Waals surface area contributed by atoms with Gasteiger partial charge in [-0.3, -0.25) is 0 Å². The average molecular weight is 265 g/mol. The molecule has 0 bridgehead atoms. The van der Waals surface area contributed by atoms with Crippen LogP contribution >= 0.6 is 0 Å². The number of piperidine rings is 1. The molecule has 2 rings (SSSR count). The van der Waals surface area contributed by atoms with Crippen LogP contribution in [0.25, 0.3) is 0 Å². The van der Waals surface area contributed by atoms with Crippen LogP contribution in [0.4, 0.5) is 5.69 Å². The van der Waals surface area contributed by atoms with Crippen molar-refractivity contribution >= 4 is 5.69 Å². The van der Waals surface area contributed by atoms with Gasteiger partial charge < -0.3 is 15.1 Å². The van der Waals surface area contributed by atoms with Crippen molar-refractivity contribution in [2.75, 3.05) is 24.6 Å². The molecule has 2 heterocycles. The van der Waals surface area contributed by atoms with E-state index >= 15 is 0 Å². The Morgan fingerprint density at radius 3 is 2.53 bits per heavy atom. The van der Waals surface area contributed by atoms with Crippen molar-refractivity contribution in [2.24, 2.45) is 5.92 Å². The van der Waals surface area contributed by atoms with Crippen LogP contribution in [-0.4, -0.2) is 39.9 Å². The summed E-state index contributed by atoms with van der Waals surface area (Å²) in [5, 5.41) is 18.7. The normalized spacial score (nSPS) is 17.2. The Morgan fingerprint density at radius 2 is 2.00 bits per heavy atom. The number of hydrogen-bond donors (Lipinski definition) is 2. The fraction of sp³-hybridized carbons (Fsp3) is 0.714. The van der Waals surface area contributed by atoms with E-state index in [1.54, 1.807) is 0 Å².